The minimum Gasteiger partial charge on any atom is -0.492 e. The molecule has 30 heavy (non-hydrogen) atoms. The lowest BCUT2D eigenvalue weighted by Crippen LogP contribution is -2.27. The maximum atomic E-state index is 12.9. The Morgan fingerprint density at radius 3 is 2.50 bits per heavy atom. The Kier molecular flexibility index (Phi) is 7.42. The second-order valence-electron chi connectivity index (χ2n) is 7.18. The van der Waals surface area contributed by atoms with Crippen LogP contribution in [0.3, 0.4) is 0 Å². The second kappa shape index (κ2) is 10.0. The third kappa shape index (κ3) is 5.56. The summed E-state index contributed by atoms with van der Waals surface area (Å²) in [5.74, 6) is 0.780. The van der Waals surface area contributed by atoms with E-state index in [-0.39, 0.29) is 11.4 Å². The number of hydrogen-bond donors (Lipinski definition) is 1. The lowest BCUT2D eigenvalue weighted by molar-refractivity contribution is 0.223. The molecule has 3 aromatic rings. The van der Waals surface area contributed by atoms with Gasteiger partial charge in [-0.05, 0) is 55.4 Å². The van der Waals surface area contributed by atoms with E-state index in [1.54, 1.807) is 18.3 Å². The molecule has 0 spiro atoms. The fraction of sp³-hybridized carbons (Fsp3) is 0.348. The summed E-state index contributed by atoms with van der Waals surface area (Å²) in [5.41, 5.74) is 2.33. The van der Waals surface area contributed by atoms with Gasteiger partial charge in [0.25, 0.3) is 0 Å². The number of pyridine rings is 1. The number of likely N-dealkylation sites (N-methyl/N-ethyl adjacent to an activating group) is 1. The summed E-state index contributed by atoms with van der Waals surface area (Å²) in [4.78, 5) is 6.82. The summed E-state index contributed by atoms with van der Waals surface area (Å²) in [6.07, 6.45) is 1.68. The smallest absolute Gasteiger partial charge is 0.243 e. The van der Waals surface area contributed by atoms with Gasteiger partial charge < -0.3 is 9.64 Å². The van der Waals surface area contributed by atoms with E-state index in [9.17, 15) is 8.42 Å². The number of ether oxygens (including phenoxy) is 1. The Morgan fingerprint density at radius 2 is 1.80 bits per heavy atom. The van der Waals surface area contributed by atoms with Crippen molar-refractivity contribution in [3.63, 3.8) is 0 Å². The van der Waals surface area contributed by atoms with Crippen LogP contribution in [0.5, 0.6) is 5.75 Å². The van der Waals surface area contributed by atoms with Gasteiger partial charge in [-0.15, -0.1) is 0 Å². The van der Waals surface area contributed by atoms with Crippen molar-refractivity contribution in [2.75, 3.05) is 26.2 Å². The maximum absolute atomic E-state index is 12.9. The van der Waals surface area contributed by atoms with Crippen molar-refractivity contribution in [1.82, 2.24) is 14.6 Å². The highest BCUT2D eigenvalue weighted by Crippen LogP contribution is 2.22. The van der Waals surface area contributed by atoms with Crippen molar-refractivity contribution >= 4 is 20.9 Å². The predicted octanol–water partition coefficient (Wildman–Crippen LogP) is 3.74. The Labute approximate surface area is 178 Å². The van der Waals surface area contributed by atoms with Crippen LogP contribution in [0.1, 0.15) is 25.0 Å². The Bertz CT molecular complexity index is 1080. The van der Waals surface area contributed by atoms with Crippen LogP contribution in [0, 0.1) is 6.92 Å². The van der Waals surface area contributed by atoms with E-state index in [0.29, 0.717) is 12.1 Å². The molecular weight excluding hydrogens is 398 g/mol. The average molecular weight is 428 g/mol. The molecule has 1 N–H and O–H groups in total. The van der Waals surface area contributed by atoms with Gasteiger partial charge in [-0.1, -0.05) is 38.1 Å². The molecule has 7 heteroatoms. The number of nitrogens with zero attached hydrogens (tertiary/aromatic N) is 2. The number of para-hydroxylation sites is 1. The molecule has 0 saturated heterocycles. The molecule has 0 unspecified atom stereocenters. The number of aryl methyl sites for hydroxylation is 1. The first-order chi connectivity index (χ1) is 14.4. The quantitative estimate of drug-likeness (QED) is 0.534. The van der Waals surface area contributed by atoms with Crippen molar-refractivity contribution in [2.45, 2.75) is 32.2 Å². The molecule has 0 bridgehead atoms. The van der Waals surface area contributed by atoms with Gasteiger partial charge >= 0.3 is 0 Å². The Morgan fingerprint density at radius 1 is 1.07 bits per heavy atom. The van der Waals surface area contributed by atoms with Crippen LogP contribution in [-0.2, 0) is 16.6 Å². The molecule has 0 amide bonds. The maximum Gasteiger partial charge on any atom is 0.243 e. The standard InChI is InChI=1S/C23H29N3O3S/c1-4-26(5-2)13-14-29-21-11-9-19(10-12-21)17-25-30(27,28)22-8-6-7-20-15-18(3)16-24-23(20)22/h6-12,15-16,25H,4-5,13-14,17H2,1-3H3. The number of nitrogens with one attached hydrogen (secondary N) is 1. The minimum atomic E-state index is -3.69. The molecule has 1 aromatic heterocycles. The molecule has 2 aromatic carbocycles. The molecule has 0 atom stereocenters. The Hall–Kier alpha value is -2.48. The van der Waals surface area contributed by atoms with Gasteiger partial charge in [0, 0.05) is 24.7 Å². The Balaban J connectivity index is 1.62. The zero-order valence-corrected chi connectivity index (χ0v) is 18.6. The van der Waals surface area contributed by atoms with Crippen LogP contribution in [0.25, 0.3) is 10.9 Å². The summed E-state index contributed by atoms with van der Waals surface area (Å²) in [7, 11) is -3.69. The van der Waals surface area contributed by atoms with E-state index in [1.807, 2.05) is 43.3 Å². The SMILES string of the molecule is CCN(CC)CCOc1ccc(CNS(=O)(=O)c2cccc3cc(C)cnc23)cc1. The average Bonchev–Trinajstić information content (AvgIpc) is 2.75. The number of sulfonamides is 1. The summed E-state index contributed by atoms with van der Waals surface area (Å²) < 4.78 is 34.2. The van der Waals surface area contributed by atoms with E-state index >= 15 is 0 Å². The fourth-order valence-electron chi connectivity index (χ4n) is 3.25. The van der Waals surface area contributed by atoms with Crippen molar-refractivity contribution in [2.24, 2.45) is 0 Å². The third-order valence-corrected chi connectivity index (χ3v) is 6.49. The molecule has 0 aliphatic rings. The van der Waals surface area contributed by atoms with Gasteiger partial charge in [0.05, 0.1) is 5.52 Å². The molecule has 0 aliphatic heterocycles. The van der Waals surface area contributed by atoms with Crippen molar-refractivity contribution in [3.8, 4) is 5.75 Å². The normalized spacial score (nSPS) is 11.9. The first-order valence-electron chi connectivity index (χ1n) is 10.2. The zero-order chi connectivity index (χ0) is 21.6. The van der Waals surface area contributed by atoms with E-state index in [1.165, 1.54) is 0 Å². The molecule has 0 fully saturated rings. The zero-order valence-electron chi connectivity index (χ0n) is 17.8. The molecule has 160 valence electrons. The number of hydrogen-bond acceptors (Lipinski definition) is 5. The van der Waals surface area contributed by atoms with Gasteiger partial charge in [0.2, 0.25) is 10.0 Å². The first-order valence-corrected chi connectivity index (χ1v) is 11.7. The van der Waals surface area contributed by atoms with Crippen LogP contribution >= 0.6 is 0 Å². The lowest BCUT2D eigenvalue weighted by Gasteiger charge is -2.18. The van der Waals surface area contributed by atoms with Crippen LogP contribution < -0.4 is 9.46 Å². The first kappa shape index (κ1) is 22.2. The topological polar surface area (TPSA) is 71.5 Å². The molecule has 0 saturated carbocycles. The molecule has 0 aliphatic carbocycles. The summed E-state index contributed by atoms with van der Waals surface area (Å²) in [6.45, 7) is 9.92. The van der Waals surface area contributed by atoms with Gasteiger partial charge in [0.1, 0.15) is 17.3 Å². The monoisotopic (exact) mass is 427 g/mol. The van der Waals surface area contributed by atoms with E-state index in [2.05, 4.69) is 28.5 Å². The second-order valence-corrected chi connectivity index (χ2v) is 8.92. The summed E-state index contributed by atoms with van der Waals surface area (Å²) in [6, 6.07) is 14.6. The largest absolute Gasteiger partial charge is 0.492 e. The van der Waals surface area contributed by atoms with E-state index < -0.39 is 10.0 Å². The molecule has 6 nitrogen and oxygen atoms in total. The van der Waals surface area contributed by atoms with Gasteiger partial charge in [-0.25, -0.2) is 13.1 Å². The molecule has 1 heterocycles. The van der Waals surface area contributed by atoms with Crippen LogP contribution in [-0.4, -0.2) is 44.5 Å². The van der Waals surface area contributed by atoms with Crippen LogP contribution in [0.15, 0.2) is 59.6 Å². The highest BCUT2D eigenvalue weighted by molar-refractivity contribution is 7.89. The number of benzene rings is 2. The van der Waals surface area contributed by atoms with Crippen LogP contribution in [0.4, 0.5) is 0 Å². The third-order valence-electron chi connectivity index (χ3n) is 5.06. The number of rotatable bonds is 10. The molecular formula is C23H29N3O3S. The predicted molar refractivity (Wildman–Crippen MR) is 120 cm³/mol. The fourth-order valence-corrected chi connectivity index (χ4v) is 4.45. The van der Waals surface area contributed by atoms with E-state index in [0.717, 1.165) is 41.9 Å². The lowest BCUT2D eigenvalue weighted by atomic mass is 10.2. The summed E-state index contributed by atoms with van der Waals surface area (Å²) >= 11 is 0. The van der Waals surface area contributed by atoms with Gasteiger partial charge in [0.15, 0.2) is 0 Å². The molecule has 3 rings (SSSR count). The van der Waals surface area contributed by atoms with Crippen LogP contribution in [0.2, 0.25) is 0 Å². The highest BCUT2D eigenvalue weighted by Gasteiger charge is 2.18. The van der Waals surface area contributed by atoms with Crippen molar-refractivity contribution < 1.29 is 13.2 Å². The number of fused-ring (bicyclic) bond motifs is 1. The van der Waals surface area contributed by atoms with Gasteiger partial charge in [-0.2, -0.15) is 0 Å². The van der Waals surface area contributed by atoms with Gasteiger partial charge in [-0.3, -0.25) is 4.98 Å². The van der Waals surface area contributed by atoms with Crippen molar-refractivity contribution in [1.29, 1.82) is 0 Å². The molecule has 0 radical (unpaired) electrons. The number of aromatic nitrogens is 1. The minimum absolute atomic E-state index is 0.191. The highest BCUT2D eigenvalue weighted by atomic mass is 32.2. The van der Waals surface area contributed by atoms with Crippen molar-refractivity contribution in [3.05, 3.63) is 65.9 Å². The summed E-state index contributed by atoms with van der Waals surface area (Å²) in [5, 5.41) is 0.809. The van der Waals surface area contributed by atoms with E-state index in [4.69, 9.17) is 4.74 Å².